The number of sulfonamides is 1. The molecule has 1 aliphatic carbocycles. The lowest BCUT2D eigenvalue weighted by Crippen LogP contribution is -2.39. The van der Waals surface area contributed by atoms with E-state index < -0.39 is 10.0 Å². The molecule has 2 aliphatic rings. The number of hydrogen-bond donors (Lipinski definition) is 1. The molecule has 0 unspecified atom stereocenters. The largest absolute Gasteiger partial charge is 0.302 e. The number of hydrogen-bond acceptors (Lipinski definition) is 3. The zero-order chi connectivity index (χ0) is 13.7. The van der Waals surface area contributed by atoms with Crippen LogP contribution in [0.1, 0.15) is 45.4 Å². The van der Waals surface area contributed by atoms with Gasteiger partial charge in [0, 0.05) is 13.1 Å². The Morgan fingerprint density at radius 1 is 1.16 bits per heavy atom. The Morgan fingerprint density at radius 2 is 1.84 bits per heavy atom. The molecule has 0 aromatic carbocycles. The summed E-state index contributed by atoms with van der Waals surface area (Å²) in [5.41, 5.74) is 0. The van der Waals surface area contributed by atoms with Gasteiger partial charge in [0.05, 0.1) is 5.75 Å². The first-order chi connectivity index (χ1) is 9.05. The summed E-state index contributed by atoms with van der Waals surface area (Å²) in [4.78, 5) is 2.37. The van der Waals surface area contributed by atoms with Gasteiger partial charge >= 0.3 is 0 Å². The molecular formula is C14H28N2O2S. The van der Waals surface area contributed by atoms with E-state index in [9.17, 15) is 8.42 Å². The van der Waals surface area contributed by atoms with Gasteiger partial charge in [-0.2, -0.15) is 0 Å². The molecule has 0 atom stereocenters. The van der Waals surface area contributed by atoms with E-state index >= 15 is 0 Å². The Balaban J connectivity index is 1.58. The molecule has 1 N–H and O–H groups in total. The number of nitrogens with zero attached hydrogens (tertiary/aromatic N) is 1. The standard InChI is InChI=1S/C14H28N2O2S/c1-13-5-9-16(10-6-13)11-8-15-19(17,18)12-7-14-3-2-4-14/h13-15H,2-12H2,1H3. The highest BCUT2D eigenvalue weighted by Gasteiger charge is 2.21. The average molecular weight is 288 g/mol. The first-order valence-electron chi connectivity index (χ1n) is 7.75. The van der Waals surface area contributed by atoms with Crippen molar-refractivity contribution in [2.75, 3.05) is 31.9 Å². The van der Waals surface area contributed by atoms with Crippen molar-refractivity contribution in [1.29, 1.82) is 0 Å². The molecule has 0 bridgehead atoms. The van der Waals surface area contributed by atoms with Crippen LogP contribution in [0.25, 0.3) is 0 Å². The molecule has 1 saturated carbocycles. The van der Waals surface area contributed by atoms with Gasteiger partial charge in [-0.05, 0) is 44.2 Å². The lowest BCUT2D eigenvalue weighted by atomic mass is 9.84. The summed E-state index contributed by atoms with van der Waals surface area (Å²) in [6.45, 7) is 5.95. The van der Waals surface area contributed by atoms with Crippen molar-refractivity contribution in [3.8, 4) is 0 Å². The molecule has 0 spiro atoms. The first-order valence-corrected chi connectivity index (χ1v) is 9.40. The maximum Gasteiger partial charge on any atom is 0.211 e. The average Bonchev–Trinajstić information content (AvgIpc) is 2.29. The molecule has 112 valence electrons. The molecule has 0 radical (unpaired) electrons. The third-order valence-electron chi connectivity index (χ3n) is 4.65. The lowest BCUT2D eigenvalue weighted by Gasteiger charge is -2.30. The van der Waals surface area contributed by atoms with Crippen LogP contribution in [0.5, 0.6) is 0 Å². The van der Waals surface area contributed by atoms with Crippen molar-refractivity contribution in [2.24, 2.45) is 11.8 Å². The van der Waals surface area contributed by atoms with Gasteiger partial charge in [-0.3, -0.25) is 0 Å². The zero-order valence-corrected chi connectivity index (χ0v) is 12.9. The highest BCUT2D eigenvalue weighted by atomic mass is 32.2. The van der Waals surface area contributed by atoms with Crippen LogP contribution in [0.3, 0.4) is 0 Å². The topological polar surface area (TPSA) is 49.4 Å². The third kappa shape index (κ3) is 5.40. The fourth-order valence-corrected chi connectivity index (χ4v) is 4.01. The van der Waals surface area contributed by atoms with Crippen molar-refractivity contribution in [3.63, 3.8) is 0 Å². The van der Waals surface area contributed by atoms with Gasteiger partial charge in [0.1, 0.15) is 0 Å². The molecular weight excluding hydrogens is 260 g/mol. The van der Waals surface area contributed by atoms with Crippen molar-refractivity contribution < 1.29 is 8.42 Å². The van der Waals surface area contributed by atoms with Crippen LogP contribution in [0.4, 0.5) is 0 Å². The molecule has 4 nitrogen and oxygen atoms in total. The molecule has 0 amide bonds. The van der Waals surface area contributed by atoms with E-state index in [1.165, 1.54) is 32.1 Å². The second kappa shape index (κ2) is 7.04. The predicted octanol–water partition coefficient (Wildman–Crippen LogP) is 1.83. The maximum absolute atomic E-state index is 11.8. The van der Waals surface area contributed by atoms with Crippen molar-refractivity contribution in [1.82, 2.24) is 9.62 Å². The van der Waals surface area contributed by atoms with Crippen LogP contribution in [0, 0.1) is 11.8 Å². The van der Waals surface area contributed by atoms with Gasteiger partial charge in [-0.25, -0.2) is 13.1 Å². The van der Waals surface area contributed by atoms with E-state index in [1.54, 1.807) is 0 Å². The summed E-state index contributed by atoms with van der Waals surface area (Å²) >= 11 is 0. The van der Waals surface area contributed by atoms with Crippen LogP contribution in [0.15, 0.2) is 0 Å². The minimum absolute atomic E-state index is 0.314. The van der Waals surface area contributed by atoms with Crippen molar-refractivity contribution in [2.45, 2.75) is 45.4 Å². The fourth-order valence-electron chi connectivity index (χ4n) is 2.82. The van der Waals surface area contributed by atoms with Gasteiger partial charge in [-0.15, -0.1) is 0 Å². The molecule has 0 aromatic rings. The molecule has 2 fully saturated rings. The molecule has 1 heterocycles. The Hall–Kier alpha value is -0.130. The van der Waals surface area contributed by atoms with Crippen LogP contribution in [-0.4, -0.2) is 45.2 Å². The zero-order valence-electron chi connectivity index (χ0n) is 12.1. The molecule has 1 saturated heterocycles. The highest BCUT2D eigenvalue weighted by Crippen LogP contribution is 2.29. The molecule has 5 heteroatoms. The van der Waals surface area contributed by atoms with Gasteiger partial charge in [0.25, 0.3) is 0 Å². The predicted molar refractivity (Wildman–Crippen MR) is 78.6 cm³/mol. The summed E-state index contributed by atoms with van der Waals surface area (Å²) in [6.07, 6.45) is 7.06. The van der Waals surface area contributed by atoms with Crippen LogP contribution in [0.2, 0.25) is 0 Å². The monoisotopic (exact) mass is 288 g/mol. The molecule has 2 rings (SSSR count). The minimum Gasteiger partial charge on any atom is -0.302 e. The summed E-state index contributed by atoms with van der Waals surface area (Å²) < 4.78 is 26.4. The van der Waals surface area contributed by atoms with E-state index in [4.69, 9.17) is 0 Å². The Bertz CT molecular complexity index is 358. The second-order valence-electron chi connectivity index (χ2n) is 6.32. The van der Waals surface area contributed by atoms with Crippen molar-refractivity contribution >= 4 is 10.0 Å². The first kappa shape index (κ1) is 15.3. The second-order valence-corrected chi connectivity index (χ2v) is 8.25. The SMILES string of the molecule is CC1CCN(CCNS(=O)(=O)CCC2CCC2)CC1. The van der Waals surface area contributed by atoms with E-state index in [0.717, 1.165) is 32.0 Å². The quantitative estimate of drug-likeness (QED) is 0.777. The smallest absolute Gasteiger partial charge is 0.211 e. The number of likely N-dealkylation sites (tertiary alicyclic amines) is 1. The summed E-state index contributed by atoms with van der Waals surface area (Å²) in [5, 5.41) is 0. The van der Waals surface area contributed by atoms with Crippen LogP contribution >= 0.6 is 0 Å². The van der Waals surface area contributed by atoms with Gasteiger partial charge < -0.3 is 4.90 Å². The fraction of sp³-hybridized carbons (Fsp3) is 1.00. The van der Waals surface area contributed by atoms with E-state index in [0.29, 0.717) is 18.2 Å². The van der Waals surface area contributed by atoms with E-state index in [-0.39, 0.29) is 0 Å². The summed E-state index contributed by atoms with van der Waals surface area (Å²) in [6, 6.07) is 0. The number of rotatable bonds is 7. The van der Waals surface area contributed by atoms with Gasteiger partial charge in [0.2, 0.25) is 10.0 Å². The van der Waals surface area contributed by atoms with Crippen LogP contribution < -0.4 is 4.72 Å². The molecule has 1 aliphatic heterocycles. The third-order valence-corrected chi connectivity index (χ3v) is 6.06. The van der Waals surface area contributed by atoms with E-state index in [1.807, 2.05) is 0 Å². The minimum atomic E-state index is -3.04. The van der Waals surface area contributed by atoms with Gasteiger partial charge in [0.15, 0.2) is 0 Å². The lowest BCUT2D eigenvalue weighted by molar-refractivity contribution is 0.195. The maximum atomic E-state index is 11.8. The number of piperidine rings is 1. The number of nitrogens with one attached hydrogen (secondary N) is 1. The molecule has 0 aromatic heterocycles. The van der Waals surface area contributed by atoms with Crippen molar-refractivity contribution in [3.05, 3.63) is 0 Å². The van der Waals surface area contributed by atoms with Crippen LogP contribution in [-0.2, 0) is 10.0 Å². The van der Waals surface area contributed by atoms with E-state index in [2.05, 4.69) is 16.5 Å². The Kier molecular flexibility index (Phi) is 5.66. The highest BCUT2D eigenvalue weighted by molar-refractivity contribution is 7.89. The normalized spacial score (nSPS) is 23.4. The summed E-state index contributed by atoms with van der Waals surface area (Å²) in [7, 11) is -3.04. The Labute approximate surface area is 118 Å². The Morgan fingerprint density at radius 3 is 2.42 bits per heavy atom. The molecule has 19 heavy (non-hydrogen) atoms. The summed E-state index contributed by atoms with van der Waals surface area (Å²) in [5.74, 6) is 1.81. The van der Waals surface area contributed by atoms with Gasteiger partial charge in [-0.1, -0.05) is 26.2 Å².